The van der Waals surface area contributed by atoms with Crippen LogP contribution in [0, 0.1) is 0 Å². The van der Waals surface area contributed by atoms with Crippen LogP contribution >= 0.6 is 15.9 Å². The number of rotatable bonds is 3. The molecule has 1 aliphatic rings. The first kappa shape index (κ1) is 11.7. The van der Waals surface area contributed by atoms with Gasteiger partial charge >= 0.3 is 0 Å². The molecule has 1 saturated heterocycles. The standard InChI is InChI=1S/C11H15BrN2O2/c1-2-14-6-8(12)5-10(14)11(15)13-9-3-4-16-7-9/h5-6,9H,2-4,7H2,1H3,(H,13,15). The number of amides is 1. The minimum atomic E-state index is -0.0250. The van der Waals surface area contributed by atoms with Crippen LogP contribution in [0.4, 0.5) is 0 Å². The van der Waals surface area contributed by atoms with Gasteiger partial charge in [-0.3, -0.25) is 4.79 Å². The zero-order valence-electron chi connectivity index (χ0n) is 9.20. The van der Waals surface area contributed by atoms with Crippen molar-refractivity contribution in [1.82, 2.24) is 9.88 Å². The van der Waals surface area contributed by atoms with E-state index >= 15 is 0 Å². The normalized spacial score (nSPS) is 20.0. The number of hydrogen-bond donors (Lipinski definition) is 1. The fourth-order valence-electron chi connectivity index (χ4n) is 1.83. The van der Waals surface area contributed by atoms with Crippen molar-refractivity contribution in [3.63, 3.8) is 0 Å². The van der Waals surface area contributed by atoms with Crippen LogP contribution in [0.15, 0.2) is 16.7 Å². The quantitative estimate of drug-likeness (QED) is 0.921. The Hall–Kier alpha value is -0.810. The van der Waals surface area contributed by atoms with Crippen LogP contribution in [-0.4, -0.2) is 29.7 Å². The Balaban J connectivity index is 2.07. The molecule has 1 atom stereocenters. The smallest absolute Gasteiger partial charge is 0.268 e. The molecule has 1 aliphatic heterocycles. The Morgan fingerprint density at radius 2 is 2.56 bits per heavy atom. The van der Waals surface area contributed by atoms with Crippen LogP contribution in [-0.2, 0) is 11.3 Å². The van der Waals surface area contributed by atoms with Gasteiger partial charge in [-0.1, -0.05) is 0 Å². The lowest BCUT2D eigenvalue weighted by Gasteiger charge is -2.11. The lowest BCUT2D eigenvalue weighted by molar-refractivity contribution is 0.0920. The maximum atomic E-state index is 12.0. The van der Waals surface area contributed by atoms with Gasteiger partial charge in [0.1, 0.15) is 5.69 Å². The first-order chi connectivity index (χ1) is 7.70. The van der Waals surface area contributed by atoms with E-state index in [0.29, 0.717) is 12.3 Å². The van der Waals surface area contributed by atoms with Crippen molar-refractivity contribution >= 4 is 21.8 Å². The highest BCUT2D eigenvalue weighted by Gasteiger charge is 2.20. The zero-order chi connectivity index (χ0) is 11.5. The molecule has 0 saturated carbocycles. The zero-order valence-corrected chi connectivity index (χ0v) is 10.8. The number of nitrogens with one attached hydrogen (secondary N) is 1. The third-order valence-electron chi connectivity index (χ3n) is 2.70. The molecule has 2 heterocycles. The predicted molar refractivity (Wildman–Crippen MR) is 64.5 cm³/mol. The van der Waals surface area contributed by atoms with Crippen molar-refractivity contribution < 1.29 is 9.53 Å². The van der Waals surface area contributed by atoms with Gasteiger partial charge in [-0.05, 0) is 35.3 Å². The van der Waals surface area contributed by atoms with Gasteiger partial charge in [0.2, 0.25) is 0 Å². The molecule has 1 amide bonds. The molecule has 0 bridgehead atoms. The summed E-state index contributed by atoms with van der Waals surface area (Å²) in [6.07, 6.45) is 2.82. The average molecular weight is 287 g/mol. The number of aryl methyl sites for hydroxylation is 1. The Labute approximate surface area is 103 Å². The van der Waals surface area contributed by atoms with Crippen LogP contribution in [0.25, 0.3) is 0 Å². The molecule has 88 valence electrons. The van der Waals surface area contributed by atoms with E-state index in [4.69, 9.17) is 4.74 Å². The van der Waals surface area contributed by atoms with E-state index in [2.05, 4.69) is 21.2 Å². The first-order valence-corrected chi connectivity index (χ1v) is 6.24. The summed E-state index contributed by atoms with van der Waals surface area (Å²) in [6.45, 7) is 4.17. The predicted octanol–water partition coefficient (Wildman–Crippen LogP) is 1.79. The minimum Gasteiger partial charge on any atom is -0.379 e. The molecule has 2 rings (SSSR count). The largest absolute Gasteiger partial charge is 0.379 e. The van der Waals surface area contributed by atoms with Crippen LogP contribution in [0.3, 0.4) is 0 Å². The van der Waals surface area contributed by atoms with Gasteiger partial charge in [-0.2, -0.15) is 0 Å². The van der Waals surface area contributed by atoms with Crippen molar-refractivity contribution in [2.24, 2.45) is 0 Å². The molecule has 0 radical (unpaired) electrons. The second-order valence-corrected chi connectivity index (χ2v) is 4.78. The molecule has 4 nitrogen and oxygen atoms in total. The van der Waals surface area contributed by atoms with E-state index < -0.39 is 0 Å². The van der Waals surface area contributed by atoms with Gasteiger partial charge in [0, 0.05) is 23.8 Å². The Kier molecular flexibility index (Phi) is 3.66. The second-order valence-electron chi connectivity index (χ2n) is 3.86. The van der Waals surface area contributed by atoms with E-state index in [1.54, 1.807) is 0 Å². The summed E-state index contributed by atoms with van der Waals surface area (Å²) in [5.74, 6) is -0.0250. The fourth-order valence-corrected chi connectivity index (χ4v) is 2.30. The van der Waals surface area contributed by atoms with E-state index in [-0.39, 0.29) is 11.9 Å². The monoisotopic (exact) mass is 286 g/mol. The summed E-state index contributed by atoms with van der Waals surface area (Å²) < 4.78 is 8.08. The molecule has 16 heavy (non-hydrogen) atoms. The maximum Gasteiger partial charge on any atom is 0.268 e. The van der Waals surface area contributed by atoms with Crippen molar-refractivity contribution in [2.45, 2.75) is 25.9 Å². The highest BCUT2D eigenvalue weighted by atomic mass is 79.9. The third-order valence-corrected chi connectivity index (χ3v) is 3.14. The Bertz CT molecular complexity index is 383. The van der Waals surface area contributed by atoms with Crippen LogP contribution < -0.4 is 5.32 Å². The van der Waals surface area contributed by atoms with Crippen LogP contribution in [0.1, 0.15) is 23.8 Å². The molecular formula is C11H15BrN2O2. The summed E-state index contributed by atoms with van der Waals surface area (Å²) in [4.78, 5) is 12.0. The summed E-state index contributed by atoms with van der Waals surface area (Å²) in [6, 6.07) is 2.00. The molecule has 5 heteroatoms. The van der Waals surface area contributed by atoms with Gasteiger partial charge in [0.05, 0.1) is 12.6 Å². The van der Waals surface area contributed by atoms with Crippen molar-refractivity contribution in [2.75, 3.05) is 13.2 Å². The van der Waals surface area contributed by atoms with Crippen LogP contribution in [0.5, 0.6) is 0 Å². The van der Waals surface area contributed by atoms with Crippen LogP contribution in [0.2, 0.25) is 0 Å². The van der Waals surface area contributed by atoms with Gasteiger partial charge in [0.25, 0.3) is 5.91 Å². The molecule has 0 spiro atoms. The summed E-state index contributed by atoms with van der Waals surface area (Å²) in [7, 11) is 0. The molecule has 1 aromatic heterocycles. The highest BCUT2D eigenvalue weighted by molar-refractivity contribution is 9.10. The highest BCUT2D eigenvalue weighted by Crippen LogP contribution is 2.15. The Morgan fingerprint density at radius 3 is 3.19 bits per heavy atom. The second kappa shape index (κ2) is 5.01. The molecule has 0 aliphatic carbocycles. The number of aromatic nitrogens is 1. The Morgan fingerprint density at radius 1 is 1.75 bits per heavy atom. The molecule has 1 fully saturated rings. The summed E-state index contributed by atoms with van der Waals surface area (Å²) in [5.41, 5.74) is 0.696. The summed E-state index contributed by atoms with van der Waals surface area (Å²) in [5, 5.41) is 2.98. The molecule has 1 N–H and O–H groups in total. The van der Waals surface area contributed by atoms with E-state index in [0.717, 1.165) is 24.0 Å². The lowest BCUT2D eigenvalue weighted by atomic mass is 10.2. The number of nitrogens with zero attached hydrogens (tertiary/aromatic N) is 1. The average Bonchev–Trinajstić information content (AvgIpc) is 2.86. The fraction of sp³-hybridized carbons (Fsp3) is 0.545. The molecule has 1 unspecified atom stereocenters. The number of carbonyl (C=O) groups is 1. The van der Waals surface area contributed by atoms with Gasteiger partial charge in [-0.15, -0.1) is 0 Å². The topological polar surface area (TPSA) is 43.3 Å². The summed E-state index contributed by atoms with van der Waals surface area (Å²) >= 11 is 3.38. The third kappa shape index (κ3) is 2.47. The van der Waals surface area contributed by atoms with Crippen molar-refractivity contribution in [3.05, 3.63) is 22.4 Å². The van der Waals surface area contributed by atoms with Crippen molar-refractivity contribution in [3.8, 4) is 0 Å². The molecule has 1 aromatic rings. The number of carbonyl (C=O) groups excluding carboxylic acids is 1. The van der Waals surface area contributed by atoms with E-state index in [9.17, 15) is 4.79 Å². The minimum absolute atomic E-state index is 0.0250. The molecule has 0 aromatic carbocycles. The van der Waals surface area contributed by atoms with Gasteiger partial charge in [0.15, 0.2) is 0 Å². The number of halogens is 1. The first-order valence-electron chi connectivity index (χ1n) is 5.45. The maximum absolute atomic E-state index is 12.0. The van der Waals surface area contributed by atoms with Crippen molar-refractivity contribution in [1.29, 1.82) is 0 Å². The SMILES string of the molecule is CCn1cc(Br)cc1C(=O)NC1CCOC1. The number of ether oxygens (including phenoxy) is 1. The lowest BCUT2D eigenvalue weighted by Crippen LogP contribution is -2.36. The van der Waals surface area contributed by atoms with Gasteiger partial charge in [-0.25, -0.2) is 0 Å². The molecular weight excluding hydrogens is 272 g/mol. The van der Waals surface area contributed by atoms with Gasteiger partial charge < -0.3 is 14.6 Å². The van der Waals surface area contributed by atoms with E-state index in [1.165, 1.54) is 0 Å². The number of hydrogen-bond acceptors (Lipinski definition) is 2. The van der Waals surface area contributed by atoms with E-state index in [1.807, 2.05) is 23.8 Å².